The van der Waals surface area contributed by atoms with E-state index in [4.69, 9.17) is 0 Å². The van der Waals surface area contributed by atoms with Gasteiger partial charge < -0.3 is 5.32 Å². The molecule has 5 heteroatoms. The van der Waals surface area contributed by atoms with Crippen molar-refractivity contribution in [3.63, 3.8) is 0 Å². The summed E-state index contributed by atoms with van der Waals surface area (Å²) in [5.41, 5.74) is 2.20. The van der Waals surface area contributed by atoms with Crippen molar-refractivity contribution in [1.82, 2.24) is 4.31 Å². The van der Waals surface area contributed by atoms with Crippen molar-refractivity contribution in [1.29, 1.82) is 0 Å². The minimum Gasteiger partial charge on any atom is -0.384 e. The maximum Gasteiger partial charge on any atom is 0.243 e. The summed E-state index contributed by atoms with van der Waals surface area (Å²) in [5, 5.41) is 3.25. The van der Waals surface area contributed by atoms with Crippen LogP contribution in [0.3, 0.4) is 0 Å². The first-order valence-corrected chi connectivity index (χ1v) is 8.92. The Morgan fingerprint density at radius 1 is 1.40 bits per heavy atom. The lowest BCUT2D eigenvalue weighted by Gasteiger charge is -2.17. The lowest BCUT2D eigenvalue weighted by Crippen LogP contribution is -2.28. The number of fused-ring (bicyclic) bond motifs is 1. The van der Waals surface area contributed by atoms with Crippen molar-refractivity contribution in [2.24, 2.45) is 5.92 Å². The van der Waals surface area contributed by atoms with Crippen molar-refractivity contribution in [2.45, 2.75) is 37.5 Å². The van der Waals surface area contributed by atoms with Gasteiger partial charge in [0.1, 0.15) is 0 Å². The monoisotopic (exact) mass is 294 g/mol. The number of rotatable bonds is 4. The standard InChI is InChI=1S/C15H22N2O2S/c1-2-3-12-7-9-17(11-12)20(18,19)14-5-4-13-6-8-16-15(13)10-14/h4-5,10,12,16H,2-3,6-9,11H2,1H3. The van der Waals surface area contributed by atoms with E-state index in [1.54, 1.807) is 16.4 Å². The molecule has 2 aliphatic rings. The zero-order chi connectivity index (χ0) is 14.2. The van der Waals surface area contributed by atoms with Crippen molar-refractivity contribution < 1.29 is 8.42 Å². The van der Waals surface area contributed by atoms with Gasteiger partial charge in [0, 0.05) is 25.3 Å². The summed E-state index contributed by atoms with van der Waals surface area (Å²) in [4.78, 5) is 0.433. The molecule has 1 aromatic carbocycles. The fourth-order valence-electron chi connectivity index (χ4n) is 3.24. The Morgan fingerprint density at radius 3 is 3.05 bits per heavy atom. The number of hydrogen-bond donors (Lipinski definition) is 1. The van der Waals surface area contributed by atoms with Gasteiger partial charge in [-0.2, -0.15) is 4.31 Å². The van der Waals surface area contributed by atoms with Crippen LogP contribution in [0.1, 0.15) is 31.7 Å². The fourth-order valence-corrected chi connectivity index (χ4v) is 4.80. The molecule has 0 spiro atoms. The summed E-state index contributed by atoms with van der Waals surface area (Å²) in [6.45, 7) is 4.41. The lowest BCUT2D eigenvalue weighted by atomic mass is 10.0. The van der Waals surface area contributed by atoms with Crippen molar-refractivity contribution in [3.05, 3.63) is 23.8 Å². The van der Waals surface area contributed by atoms with Crippen LogP contribution in [0.5, 0.6) is 0 Å². The molecule has 2 heterocycles. The van der Waals surface area contributed by atoms with E-state index in [1.165, 1.54) is 5.56 Å². The largest absolute Gasteiger partial charge is 0.384 e. The van der Waals surface area contributed by atoms with Crippen molar-refractivity contribution >= 4 is 15.7 Å². The van der Waals surface area contributed by atoms with Crippen LogP contribution in [0, 0.1) is 5.92 Å². The van der Waals surface area contributed by atoms with E-state index in [9.17, 15) is 8.42 Å². The van der Waals surface area contributed by atoms with Gasteiger partial charge in [-0.3, -0.25) is 0 Å². The van der Waals surface area contributed by atoms with Gasteiger partial charge in [-0.25, -0.2) is 8.42 Å². The van der Waals surface area contributed by atoms with Crippen LogP contribution in [0.4, 0.5) is 5.69 Å². The van der Waals surface area contributed by atoms with Crippen LogP contribution in [0.25, 0.3) is 0 Å². The van der Waals surface area contributed by atoms with E-state index in [1.807, 2.05) is 6.07 Å². The Hall–Kier alpha value is -1.07. The minimum atomic E-state index is -3.32. The summed E-state index contributed by atoms with van der Waals surface area (Å²) in [6, 6.07) is 5.50. The number of nitrogens with zero attached hydrogens (tertiary/aromatic N) is 1. The molecule has 1 aromatic rings. The zero-order valence-electron chi connectivity index (χ0n) is 11.9. The third kappa shape index (κ3) is 2.44. The first-order valence-electron chi connectivity index (χ1n) is 7.48. The SMILES string of the molecule is CCCC1CCN(S(=O)(=O)c2ccc3c(c2)NCC3)C1. The predicted octanol–water partition coefficient (Wildman–Crippen LogP) is 2.47. The first kappa shape index (κ1) is 13.9. The van der Waals surface area contributed by atoms with E-state index in [0.717, 1.165) is 37.9 Å². The molecule has 0 amide bonds. The highest BCUT2D eigenvalue weighted by Crippen LogP contribution is 2.30. The van der Waals surface area contributed by atoms with Gasteiger partial charge in [-0.15, -0.1) is 0 Å². The summed E-state index contributed by atoms with van der Waals surface area (Å²) >= 11 is 0. The molecule has 1 saturated heterocycles. The van der Waals surface area contributed by atoms with Gasteiger partial charge >= 0.3 is 0 Å². The number of nitrogens with one attached hydrogen (secondary N) is 1. The topological polar surface area (TPSA) is 49.4 Å². The molecule has 0 radical (unpaired) electrons. The summed E-state index contributed by atoms with van der Waals surface area (Å²) in [5.74, 6) is 0.530. The molecular weight excluding hydrogens is 272 g/mol. The third-order valence-electron chi connectivity index (χ3n) is 4.37. The molecular formula is C15H22N2O2S. The molecule has 2 aliphatic heterocycles. The second-order valence-corrected chi connectivity index (χ2v) is 7.74. The second-order valence-electron chi connectivity index (χ2n) is 5.80. The predicted molar refractivity (Wildman–Crippen MR) is 80.4 cm³/mol. The van der Waals surface area contributed by atoms with E-state index in [2.05, 4.69) is 12.2 Å². The number of hydrogen-bond acceptors (Lipinski definition) is 3. The number of anilines is 1. The normalized spacial score (nSPS) is 22.8. The molecule has 0 aromatic heterocycles. The van der Waals surface area contributed by atoms with Crippen molar-refractivity contribution in [3.8, 4) is 0 Å². The van der Waals surface area contributed by atoms with Crippen LogP contribution in [-0.4, -0.2) is 32.4 Å². The van der Waals surface area contributed by atoms with Gasteiger partial charge in [-0.05, 0) is 42.9 Å². The molecule has 20 heavy (non-hydrogen) atoms. The molecule has 1 N–H and O–H groups in total. The van der Waals surface area contributed by atoms with E-state index >= 15 is 0 Å². The number of sulfonamides is 1. The third-order valence-corrected chi connectivity index (χ3v) is 6.24. The van der Waals surface area contributed by atoms with Crippen LogP contribution in [0.2, 0.25) is 0 Å². The molecule has 4 nitrogen and oxygen atoms in total. The maximum absolute atomic E-state index is 12.7. The van der Waals surface area contributed by atoms with E-state index < -0.39 is 10.0 Å². The van der Waals surface area contributed by atoms with E-state index in [-0.39, 0.29) is 0 Å². The molecule has 0 aliphatic carbocycles. The van der Waals surface area contributed by atoms with Gasteiger partial charge in [-0.1, -0.05) is 19.4 Å². The van der Waals surface area contributed by atoms with Gasteiger partial charge in [0.25, 0.3) is 0 Å². The Kier molecular flexibility index (Phi) is 3.73. The highest BCUT2D eigenvalue weighted by Gasteiger charge is 2.32. The molecule has 110 valence electrons. The van der Waals surface area contributed by atoms with Crippen LogP contribution < -0.4 is 5.32 Å². The quantitative estimate of drug-likeness (QED) is 0.928. The van der Waals surface area contributed by atoms with Crippen LogP contribution >= 0.6 is 0 Å². The molecule has 1 fully saturated rings. The average Bonchev–Trinajstić information content (AvgIpc) is 3.06. The molecule has 1 atom stereocenters. The Bertz CT molecular complexity index is 598. The fraction of sp³-hybridized carbons (Fsp3) is 0.600. The highest BCUT2D eigenvalue weighted by atomic mass is 32.2. The lowest BCUT2D eigenvalue weighted by molar-refractivity contribution is 0.444. The van der Waals surface area contributed by atoms with E-state index in [0.29, 0.717) is 23.9 Å². The highest BCUT2D eigenvalue weighted by molar-refractivity contribution is 7.89. The van der Waals surface area contributed by atoms with Crippen LogP contribution in [0.15, 0.2) is 23.1 Å². The first-order chi connectivity index (χ1) is 9.61. The zero-order valence-corrected chi connectivity index (χ0v) is 12.7. The summed E-state index contributed by atoms with van der Waals surface area (Å²) in [6.07, 6.45) is 4.23. The summed E-state index contributed by atoms with van der Waals surface area (Å²) < 4.78 is 27.0. The Labute approximate surface area is 121 Å². The second kappa shape index (κ2) is 5.37. The molecule has 3 rings (SSSR count). The molecule has 0 saturated carbocycles. The maximum atomic E-state index is 12.7. The average molecular weight is 294 g/mol. The van der Waals surface area contributed by atoms with Gasteiger partial charge in [0.15, 0.2) is 0 Å². The Morgan fingerprint density at radius 2 is 2.25 bits per heavy atom. The van der Waals surface area contributed by atoms with Gasteiger partial charge in [0.2, 0.25) is 10.0 Å². The molecule has 0 bridgehead atoms. The minimum absolute atomic E-state index is 0.433. The van der Waals surface area contributed by atoms with Crippen LogP contribution in [-0.2, 0) is 16.4 Å². The number of benzene rings is 1. The smallest absolute Gasteiger partial charge is 0.243 e. The van der Waals surface area contributed by atoms with Crippen molar-refractivity contribution in [2.75, 3.05) is 25.0 Å². The summed E-state index contributed by atoms with van der Waals surface area (Å²) in [7, 11) is -3.32. The van der Waals surface area contributed by atoms with Gasteiger partial charge in [0.05, 0.1) is 4.90 Å². The molecule has 1 unspecified atom stereocenters. The Balaban J connectivity index is 1.82.